The number of phenols is 1. The third-order valence-corrected chi connectivity index (χ3v) is 4.71. The average Bonchev–Trinajstić information content (AvgIpc) is 3.01. The van der Waals surface area contributed by atoms with Crippen molar-refractivity contribution >= 4 is 17.2 Å². The number of hydrogen-bond acceptors (Lipinski definition) is 4. The van der Waals surface area contributed by atoms with Gasteiger partial charge >= 0.3 is 0 Å². The van der Waals surface area contributed by atoms with Gasteiger partial charge in [-0.15, -0.1) is 11.3 Å². The lowest BCUT2D eigenvalue weighted by molar-refractivity contribution is 0.0954. The van der Waals surface area contributed by atoms with Crippen LogP contribution in [0.4, 0.5) is 8.78 Å². The van der Waals surface area contributed by atoms with Gasteiger partial charge in [0.2, 0.25) is 0 Å². The van der Waals surface area contributed by atoms with E-state index in [4.69, 9.17) is 0 Å². The monoisotopic (exact) mass is 384 g/mol. The number of hydrogen-bond donors (Lipinski definition) is 2. The van der Waals surface area contributed by atoms with E-state index >= 15 is 0 Å². The first-order valence-corrected chi connectivity index (χ1v) is 8.74. The Hall–Kier alpha value is -3.24. The van der Waals surface area contributed by atoms with E-state index in [1.165, 1.54) is 18.2 Å². The predicted molar refractivity (Wildman–Crippen MR) is 98.5 cm³/mol. The molecule has 1 amide bonds. The van der Waals surface area contributed by atoms with Crippen LogP contribution in [0.3, 0.4) is 0 Å². The molecular weight excluding hydrogens is 370 g/mol. The summed E-state index contributed by atoms with van der Waals surface area (Å²) in [7, 11) is 0. The van der Waals surface area contributed by atoms with Crippen molar-refractivity contribution in [1.82, 2.24) is 10.3 Å². The van der Waals surface area contributed by atoms with E-state index in [2.05, 4.69) is 22.1 Å². The van der Waals surface area contributed by atoms with Crippen LogP contribution in [0.15, 0.2) is 42.5 Å². The number of halogens is 2. The Morgan fingerprint density at radius 3 is 2.63 bits per heavy atom. The number of benzene rings is 2. The molecule has 2 aromatic carbocycles. The summed E-state index contributed by atoms with van der Waals surface area (Å²) in [6.45, 7) is 1.63. The fourth-order valence-corrected chi connectivity index (χ4v) is 3.09. The van der Waals surface area contributed by atoms with Crippen molar-refractivity contribution in [1.29, 1.82) is 0 Å². The van der Waals surface area contributed by atoms with E-state index in [0.717, 1.165) is 23.5 Å². The fraction of sp³-hybridized carbons (Fsp3) is 0.100. The van der Waals surface area contributed by atoms with Crippen LogP contribution in [0.5, 0.6) is 5.75 Å². The van der Waals surface area contributed by atoms with Crippen LogP contribution in [-0.2, 0) is 6.54 Å². The van der Waals surface area contributed by atoms with Crippen molar-refractivity contribution in [3.05, 3.63) is 80.8 Å². The molecule has 3 rings (SSSR count). The summed E-state index contributed by atoms with van der Waals surface area (Å²) in [5, 5.41) is 12.3. The highest BCUT2D eigenvalue weighted by Crippen LogP contribution is 2.18. The van der Waals surface area contributed by atoms with Crippen molar-refractivity contribution in [3.63, 3.8) is 0 Å². The Bertz CT molecular complexity index is 1050. The van der Waals surface area contributed by atoms with Crippen LogP contribution in [0.2, 0.25) is 0 Å². The topological polar surface area (TPSA) is 62.2 Å². The van der Waals surface area contributed by atoms with Crippen LogP contribution < -0.4 is 5.32 Å². The number of carbonyl (C=O) groups excluding carboxylic acids is 1. The number of aromatic hydroxyl groups is 1. The zero-order valence-electron chi connectivity index (χ0n) is 14.2. The molecule has 2 N–H and O–H groups in total. The van der Waals surface area contributed by atoms with Gasteiger partial charge in [-0.25, -0.2) is 13.8 Å². The van der Waals surface area contributed by atoms with Gasteiger partial charge in [-0.3, -0.25) is 4.79 Å². The molecule has 7 heteroatoms. The molecule has 0 fully saturated rings. The number of phenolic OH excluding ortho intramolecular Hbond substituents is 1. The maximum Gasteiger partial charge on any atom is 0.263 e. The average molecular weight is 384 g/mol. The summed E-state index contributed by atoms with van der Waals surface area (Å²) in [6.07, 6.45) is 0. The molecule has 4 nitrogen and oxygen atoms in total. The second-order valence-corrected chi connectivity index (χ2v) is 6.65. The Kier molecular flexibility index (Phi) is 5.48. The van der Waals surface area contributed by atoms with E-state index in [1.54, 1.807) is 19.1 Å². The van der Waals surface area contributed by atoms with Crippen LogP contribution in [0.25, 0.3) is 0 Å². The number of rotatable bonds is 3. The number of carbonyl (C=O) groups is 1. The van der Waals surface area contributed by atoms with Gasteiger partial charge in [-0.05, 0) is 43.2 Å². The normalized spacial score (nSPS) is 10.2. The second-order valence-electron chi connectivity index (χ2n) is 5.65. The molecule has 0 unspecified atom stereocenters. The highest BCUT2D eigenvalue weighted by atomic mass is 32.1. The van der Waals surface area contributed by atoms with Gasteiger partial charge in [0.1, 0.15) is 22.3 Å². The summed E-state index contributed by atoms with van der Waals surface area (Å²) < 4.78 is 26.6. The Morgan fingerprint density at radius 1 is 1.19 bits per heavy atom. The summed E-state index contributed by atoms with van der Waals surface area (Å²) in [6, 6.07) is 9.62. The third kappa shape index (κ3) is 4.68. The molecule has 3 aromatic rings. The van der Waals surface area contributed by atoms with Gasteiger partial charge in [0.05, 0.1) is 5.69 Å². The first-order valence-electron chi connectivity index (χ1n) is 7.93. The van der Waals surface area contributed by atoms with Crippen LogP contribution in [0.1, 0.15) is 31.5 Å². The summed E-state index contributed by atoms with van der Waals surface area (Å²) in [4.78, 5) is 17.0. The minimum absolute atomic E-state index is 0.0587. The van der Waals surface area contributed by atoms with Crippen molar-refractivity contribution < 1.29 is 18.7 Å². The molecule has 27 heavy (non-hydrogen) atoms. The van der Waals surface area contributed by atoms with Crippen molar-refractivity contribution in [2.45, 2.75) is 13.5 Å². The van der Waals surface area contributed by atoms with Crippen molar-refractivity contribution in [2.24, 2.45) is 0 Å². The number of aryl methyl sites for hydroxylation is 1. The second kappa shape index (κ2) is 7.98. The SMILES string of the molecule is Cc1nc(C#Cc2ccc(O)cc2)sc1C(=O)NCc1ccc(F)cc1F. The molecule has 0 aliphatic rings. The summed E-state index contributed by atoms with van der Waals surface area (Å²) in [5.74, 6) is 4.17. The lowest BCUT2D eigenvalue weighted by Gasteiger charge is -2.05. The van der Waals surface area contributed by atoms with Gasteiger partial charge < -0.3 is 10.4 Å². The summed E-state index contributed by atoms with van der Waals surface area (Å²) in [5.41, 5.74) is 1.42. The molecule has 1 aromatic heterocycles. The first-order chi connectivity index (χ1) is 12.9. The molecule has 0 aliphatic carbocycles. The van der Waals surface area contributed by atoms with Crippen molar-refractivity contribution in [2.75, 3.05) is 0 Å². The van der Waals surface area contributed by atoms with E-state index < -0.39 is 17.5 Å². The van der Waals surface area contributed by atoms with E-state index in [-0.39, 0.29) is 17.9 Å². The first kappa shape index (κ1) is 18.5. The molecule has 0 spiro atoms. The van der Waals surface area contributed by atoms with E-state index in [1.807, 2.05) is 0 Å². The smallest absolute Gasteiger partial charge is 0.263 e. The molecule has 136 valence electrons. The quantitative estimate of drug-likeness (QED) is 0.676. The zero-order valence-corrected chi connectivity index (χ0v) is 15.0. The fourth-order valence-electron chi connectivity index (χ4n) is 2.25. The number of thiazole rings is 1. The zero-order chi connectivity index (χ0) is 19.4. The van der Waals surface area contributed by atoms with Gasteiger partial charge in [-0.1, -0.05) is 12.0 Å². The van der Waals surface area contributed by atoms with Crippen molar-refractivity contribution in [3.8, 4) is 17.6 Å². The number of nitrogens with zero attached hydrogens (tertiary/aromatic N) is 1. The molecule has 1 heterocycles. The minimum Gasteiger partial charge on any atom is -0.508 e. The van der Waals surface area contributed by atoms with Gasteiger partial charge in [-0.2, -0.15) is 0 Å². The Morgan fingerprint density at radius 2 is 1.93 bits per heavy atom. The van der Waals surface area contributed by atoms with E-state index in [9.17, 15) is 18.7 Å². The maximum atomic E-state index is 13.6. The lowest BCUT2D eigenvalue weighted by Crippen LogP contribution is -2.23. The van der Waals surface area contributed by atoms with Crippen LogP contribution in [-0.4, -0.2) is 16.0 Å². The molecule has 0 saturated heterocycles. The molecule has 0 bridgehead atoms. The highest BCUT2D eigenvalue weighted by Gasteiger charge is 2.15. The minimum atomic E-state index is -0.711. The molecule has 0 atom stereocenters. The van der Waals surface area contributed by atoms with E-state index in [0.29, 0.717) is 21.1 Å². The molecule has 0 radical (unpaired) electrons. The maximum absolute atomic E-state index is 13.6. The summed E-state index contributed by atoms with van der Waals surface area (Å²) >= 11 is 1.13. The standard InChI is InChI=1S/C20H14F2N2O2S/c1-12-19(20(26)23-11-14-5-6-15(21)10-17(14)22)27-18(24-12)9-4-13-2-7-16(25)8-3-13/h2-3,5-8,10,25H,11H2,1H3,(H,23,26). The predicted octanol–water partition coefficient (Wildman–Crippen LogP) is 3.77. The van der Waals surface area contributed by atoms with Crippen LogP contribution >= 0.6 is 11.3 Å². The molecule has 0 saturated carbocycles. The third-order valence-electron chi connectivity index (χ3n) is 3.64. The number of nitrogens with one attached hydrogen (secondary N) is 1. The number of aromatic nitrogens is 1. The largest absolute Gasteiger partial charge is 0.508 e. The number of amides is 1. The Balaban J connectivity index is 1.70. The Labute approximate surface area is 158 Å². The van der Waals surface area contributed by atoms with Gasteiger partial charge in [0.25, 0.3) is 5.91 Å². The lowest BCUT2D eigenvalue weighted by atomic mass is 10.2. The van der Waals surface area contributed by atoms with Gasteiger partial charge in [0.15, 0.2) is 5.01 Å². The van der Waals surface area contributed by atoms with Crippen LogP contribution in [0, 0.1) is 30.4 Å². The van der Waals surface area contributed by atoms with Gasteiger partial charge in [0, 0.05) is 23.7 Å². The highest BCUT2D eigenvalue weighted by molar-refractivity contribution is 7.14. The molecular formula is C20H14F2N2O2S. The molecule has 0 aliphatic heterocycles.